The minimum absolute atomic E-state index is 0.0925. The summed E-state index contributed by atoms with van der Waals surface area (Å²) in [7, 11) is 0. The molecule has 8 heteroatoms. The van der Waals surface area contributed by atoms with Gasteiger partial charge in [0.1, 0.15) is 0 Å². The van der Waals surface area contributed by atoms with E-state index in [4.69, 9.17) is 4.74 Å². The van der Waals surface area contributed by atoms with Gasteiger partial charge < -0.3 is 10.1 Å². The first-order valence-electron chi connectivity index (χ1n) is 9.70. The van der Waals surface area contributed by atoms with Crippen molar-refractivity contribution < 1.29 is 9.53 Å². The number of nitrogens with one attached hydrogen (secondary N) is 1. The molecule has 7 nitrogen and oxygen atoms in total. The normalized spacial score (nSPS) is 17.2. The first-order valence-corrected chi connectivity index (χ1v) is 10.6. The Hall–Kier alpha value is -2.71. The van der Waals surface area contributed by atoms with Crippen molar-refractivity contribution in [3.8, 4) is 11.1 Å². The van der Waals surface area contributed by atoms with Crippen LogP contribution >= 0.6 is 11.8 Å². The topological polar surface area (TPSA) is 81.9 Å². The number of thioether (sulfide) groups is 1. The number of tetrazole rings is 1. The van der Waals surface area contributed by atoms with Crippen LogP contribution in [0.3, 0.4) is 0 Å². The van der Waals surface area contributed by atoms with E-state index in [0.29, 0.717) is 11.7 Å². The second-order valence-electron chi connectivity index (χ2n) is 6.94. The monoisotopic (exact) mass is 409 g/mol. The first-order chi connectivity index (χ1) is 14.2. The van der Waals surface area contributed by atoms with Crippen LogP contribution in [0, 0.1) is 0 Å². The average molecular weight is 410 g/mol. The Morgan fingerprint density at radius 1 is 1.24 bits per heavy atom. The number of carbonyl (C=O) groups excluding carboxylic acids is 1. The molecule has 2 atom stereocenters. The van der Waals surface area contributed by atoms with Crippen molar-refractivity contribution in [1.82, 2.24) is 20.2 Å². The fourth-order valence-corrected chi connectivity index (χ4v) is 4.08. The zero-order chi connectivity index (χ0) is 20.1. The molecule has 0 spiro atoms. The van der Waals surface area contributed by atoms with Crippen LogP contribution in [-0.4, -0.2) is 44.1 Å². The number of anilines is 1. The van der Waals surface area contributed by atoms with E-state index >= 15 is 0 Å². The summed E-state index contributed by atoms with van der Waals surface area (Å²) in [5.74, 6) is -0.0925. The van der Waals surface area contributed by atoms with Gasteiger partial charge in [-0.15, -0.1) is 5.10 Å². The fraction of sp³-hybridized carbons (Fsp3) is 0.333. The molecule has 1 aliphatic rings. The summed E-state index contributed by atoms with van der Waals surface area (Å²) < 4.78 is 7.39. The third-order valence-corrected chi connectivity index (χ3v) is 5.89. The Kier molecular flexibility index (Phi) is 6.21. The SMILES string of the molecule is C[C@@H](Sc1nnnn1C[C@@H]1CCCO1)C(=O)Nc1ccccc1-c1ccccc1. The average Bonchev–Trinajstić information content (AvgIpc) is 3.42. The summed E-state index contributed by atoms with van der Waals surface area (Å²) in [6.07, 6.45) is 2.21. The third-order valence-electron chi connectivity index (χ3n) is 4.82. The van der Waals surface area contributed by atoms with Gasteiger partial charge in [-0.1, -0.05) is 60.3 Å². The van der Waals surface area contributed by atoms with Gasteiger partial charge in [-0.05, 0) is 41.8 Å². The van der Waals surface area contributed by atoms with Crippen molar-refractivity contribution in [3.63, 3.8) is 0 Å². The molecule has 0 radical (unpaired) electrons. The lowest BCUT2D eigenvalue weighted by molar-refractivity contribution is -0.115. The van der Waals surface area contributed by atoms with E-state index in [2.05, 4.69) is 20.8 Å². The van der Waals surface area contributed by atoms with Crippen LogP contribution in [-0.2, 0) is 16.1 Å². The largest absolute Gasteiger partial charge is 0.376 e. The molecule has 29 heavy (non-hydrogen) atoms. The highest BCUT2D eigenvalue weighted by atomic mass is 32.2. The van der Waals surface area contributed by atoms with E-state index < -0.39 is 0 Å². The Balaban J connectivity index is 1.43. The van der Waals surface area contributed by atoms with Crippen molar-refractivity contribution in [1.29, 1.82) is 0 Å². The molecular formula is C21H23N5O2S. The summed E-state index contributed by atoms with van der Waals surface area (Å²) in [6.45, 7) is 3.26. The molecule has 3 aromatic rings. The van der Waals surface area contributed by atoms with Crippen LogP contribution in [0.15, 0.2) is 59.8 Å². The van der Waals surface area contributed by atoms with E-state index in [1.54, 1.807) is 4.68 Å². The Morgan fingerprint density at radius 3 is 2.83 bits per heavy atom. The quantitative estimate of drug-likeness (QED) is 0.600. The molecule has 1 amide bonds. The number of para-hydroxylation sites is 1. The van der Waals surface area contributed by atoms with Crippen molar-refractivity contribution in [2.45, 2.75) is 42.8 Å². The number of aromatic nitrogens is 4. The van der Waals surface area contributed by atoms with Gasteiger partial charge in [0.05, 0.1) is 17.9 Å². The molecule has 0 bridgehead atoms. The Morgan fingerprint density at radius 2 is 2.03 bits per heavy atom. The predicted molar refractivity (Wildman–Crippen MR) is 113 cm³/mol. The maximum atomic E-state index is 12.8. The van der Waals surface area contributed by atoms with Crippen LogP contribution in [0.2, 0.25) is 0 Å². The predicted octanol–water partition coefficient (Wildman–Crippen LogP) is 3.64. The Labute approximate surface area is 173 Å². The molecule has 150 valence electrons. The molecule has 0 aliphatic carbocycles. The third kappa shape index (κ3) is 4.83. The molecule has 0 saturated carbocycles. The highest BCUT2D eigenvalue weighted by Crippen LogP contribution is 2.29. The van der Waals surface area contributed by atoms with E-state index in [0.717, 1.165) is 36.3 Å². The minimum Gasteiger partial charge on any atom is -0.376 e. The van der Waals surface area contributed by atoms with E-state index in [9.17, 15) is 4.79 Å². The van der Waals surface area contributed by atoms with Crippen LogP contribution in [0.25, 0.3) is 11.1 Å². The molecule has 1 fully saturated rings. The van der Waals surface area contributed by atoms with Gasteiger partial charge in [-0.2, -0.15) is 0 Å². The lowest BCUT2D eigenvalue weighted by Gasteiger charge is -2.15. The highest BCUT2D eigenvalue weighted by molar-refractivity contribution is 8.00. The lowest BCUT2D eigenvalue weighted by atomic mass is 10.0. The number of ether oxygens (including phenoxy) is 1. The first kappa shape index (κ1) is 19.6. The van der Waals surface area contributed by atoms with Crippen molar-refractivity contribution in [2.75, 3.05) is 11.9 Å². The number of amides is 1. The number of hydrogen-bond donors (Lipinski definition) is 1. The number of hydrogen-bond acceptors (Lipinski definition) is 6. The van der Waals surface area contributed by atoms with Crippen molar-refractivity contribution >= 4 is 23.4 Å². The molecule has 1 saturated heterocycles. The molecular weight excluding hydrogens is 386 g/mol. The van der Waals surface area contributed by atoms with Gasteiger partial charge >= 0.3 is 0 Å². The maximum absolute atomic E-state index is 12.8. The van der Waals surface area contributed by atoms with E-state index in [-0.39, 0.29) is 17.3 Å². The number of benzene rings is 2. The molecule has 2 heterocycles. The highest BCUT2D eigenvalue weighted by Gasteiger charge is 2.22. The molecule has 4 rings (SSSR count). The fourth-order valence-electron chi connectivity index (χ4n) is 3.28. The van der Waals surface area contributed by atoms with E-state index in [1.807, 2.05) is 61.5 Å². The van der Waals surface area contributed by atoms with Crippen molar-refractivity contribution in [2.24, 2.45) is 0 Å². The summed E-state index contributed by atoms with van der Waals surface area (Å²) >= 11 is 1.35. The molecule has 1 aromatic heterocycles. The zero-order valence-corrected chi connectivity index (χ0v) is 17.0. The van der Waals surface area contributed by atoms with Crippen LogP contribution in [0.5, 0.6) is 0 Å². The summed E-state index contributed by atoms with van der Waals surface area (Å²) in [4.78, 5) is 12.8. The lowest BCUT2D eigenvalue weighted by Crippen LogP contribution is -2.24. The standard InChI is InChI=1S/C21H23N5O2S/c1-15(29-21-23-24-25-26(21)14-17-10-7-13-28-17)20(27)22-19-12-6-5-11-18(19)16-8-3-2-4-9-16/h2-6,8-9,11-12,15,17H,7,10,13-14H2,1H3,(H,22,27)/t15-,17+/m1/s1. The van der Waals surface area contributed by atoms with Gasteiger partial charge in [-0.3, -0.25) is 4.79 Å². The summed E-state index contributed by atoms with van der Waals surface area (Å²) in [6, 6.07) is 17.8. The van der Waals surface area contributed by atoms with Gasteiger partial charge in [0.15, 0.2) is 0 Å². The van der Waals surface area contributed by atoms with Crippen LogP contribution < -0.4 is 5.32 Å². The van der Waals surface area contributed by atoms with Crippen molar-refractivity contribution in [3.05, 3.63) is 54.6 Å². The number of rotatable bonds is 7. The summed E-state index contributed by atoms with van der Waals surface area (Å²) in [5.41, 5.74) is 2.83. The second kappa shape index (κ2) is 9.19. The zero-order valence-electron chi connectivity index (χ0n) is 16.2. The van der Waals surface area contributed by atoms with Gasteiger partial charge in [-0.25, -0.2) is 4.68 Å². The minimum atomic E-state index is -0.354. The Bertz CT molecular complexity index is 956. The molecule has 1 aliphatic heterocycles. The van der Waals surface area contributed by atoms with E-state index in [1.165, 1.54) is 11.8 Å². The number of carbonyl (C=O) groups is 1. The van der Waals surface area contributed by atoms with Crippen LogP contribution in [0.1, 0.15) is 19.8 Å². The van der Waals surface area contributed by atoms with Gasteiger partial charge in [0, 0.05) is 17.9 Å². The molecule has 2 aromatic carbocycles. The van der Waals surface area contributed by atoms with Gasteiger partial charge in [0.2, 0.25) is 11.1 Å². The molecule has 0 unspecified atom stereocenters. The number of nitrogens with zero attached hydrogens (tertiary/aromatic N) is 4. The smallest absolute Gasteiger partial charge is 0.237 e. The van der Waals surface area contributed by atoms with Crippen LogP contribution in [0.4, 0.5) is 5.69 Å². The maximum Gasteiger partial charge on any atom is 0.237 e. The van der Waals surface area contributed by atoms with Gasteiger partial charge in [0.25, 0.3) is 0 Å². The second-order valence-corrected chi connectivity index (χ2v) is 8.25. The summed E-state index contributed by atoms with van der Waals surface area (Å²) in [5, 5.41) is 15.2. The molecule has 1 N–H and O–H groups in total.